The molecule has 0 fully saturated rings. The lowest BCUT2D eigenvalue weighted by Gasteiger charge is -2.28. The van der Waals surface area contributed by atoms with Gasteiger partial charge in [0.1, 0.15) is 5.54 Å². The summed E-state index contributed by atoms with van der Waals surface area (Å²) in [6, 6.07) is 1.78. The van der Waals surface area contributed by atoms with Gasteiger partial charge in [0.05, 0.1) is 6.61 Å². The van der Waals surface area contributed by atoms with Crippen LogP contribution in [0.2, 0.25) is 0 Å². The Morgan fingerprint density at radius 1 is 1.27 bits per heavy atom. The van der Waals surface area contributed by atoms with Gasteiger partial charge in [-0.3, -0.25) is 4.79 Å². The Morgan fingerprint density at radius 2 is 2.04 bits per heavy atom. The number of ether oxygens (including phenoxy) is 1. The van der Waals surface area contributed by atoms with Gasteiger partial charge in [0.25, 0.3) is 11.7 Å². The van der Waals surface area contributed by atoms with Gasteiger partial charge in [-0.1, -0.05) is 32.6 Å². The lowest BCUT2D eigenvalue weighted by molar-refractivity contribution is -0.150. The molecule has 0 bridgehead atoms. The van der Waals surface area contributed by atoms with Gasteiger partial charge in [-0.25, -0.2) is 14.3 Å². The molecule has 0 aliphatic carbocycles. The largest absolute Gasteiger partial charge is 0.464 e. The molecule has 8 heteroatoms. The lowest BCUT2D eigenvalue weighted by Crippen LogP contribution is -2.53. The van der Waals surface area contributed by atoms with Crippen molar-refractivity contribution >= 4 is 17.7 Å². The highest BCUT2D eigenvalue weighted by molar-refractivity contribution is 5.95. The number of aromatic nitrogens is 4. The number of nitrogens with one attached hydrogen (secondary N) is 1. The van der Waals surface area contributed by atoms with Crippen LogP contribution in [0.3, 0.4) is 0 Å². The fourth-order valence-electron chi connectivity index (χ4n) is 2.72. The van der Waals surface area contributed by atoms with Gasteiger partial charge < -0.3 is 10.1 Å². The molecular weight excluding hydrogens is 334 g/mol. The van der Waals surface area contributed by atoms with Gasteiger partial charge in [0, 0.05) is 11.9 Å². The number of carbonyl (C=O) groups excluding carboxylic acids is 2. The standard InChI is InChI=1S/C18H27N5O3/c1-5-7-8-9-11-18(4,16(25)26-6-2)21-15(24)14-20-17-19-12-10-13(3)23(17)22-14/h10,12H,5-9,11H2,1-4H3,(H,21,24). The Morgan fingerprint density at radius 3 is 2.69 bits per heavy atom. The van der Waals surface area contributed by atoms with E-state index in [1.807, 2.05) is 6.92 Å². The summed E-state index contributed by atoms with van der Waals surface area (Å²) >= 11 is 0. The van der Waals surface area contributed by atoms with E-state index >= 15 is 0 Å². The van der Waals surface area contributed by atoms with Crippen molar-refractivity contribution in [2.24, 2.45) is 0 Å². The third-order valence-corrected chi connectivity index (χ3v) is 4.28. The Labute approximate surface area is 153 Å². The average Bonchev–Trinajstić information content (AvgIpc) is 3.05. The SMILES string of the molecule is CCCCCCC(C)(NC(=O)c1nc2nccc(C)n2n1)C(=O)OCC. The number of carbonyl (C=O) groups is 2. The summed E-state index contributed by atoms with van der Waals surface area (Å²) in [7, 11) is 0. The summed E-state index contributed by atoms with van der Waals surface area (Å²) in [6.07, 6.45) is 6.12. The zero-order chi connectivity index (χ0) is 19.2. The second-order valence-corrected chi connectivity index (χ2v) is 6.55. The molecule has 0 saturated carbocycles. The van der Waals surface area contributed by atoms with Crippen molar-refractivity contribution in [2.45, 2.75) is 65.3 Å². The highest BCUT2D eigenvalue weighted by atomic mass is 16.5. The Bertz CT molecular complexity index is 773. The van der Waals surface area contributed by atoms with E-state index in [2.05, 4.69) is 27.3 Å². The van der Waals surface area contributed by atoms with E-state index in [9.17, 15) is 9.59 Å². The van der Waals surface area contributed by atoms with Gasteiger partial charge in [0.2, 0.25) is 5.82 Å². The van der Waals surface area contributed by atoms with E-state index in [1.165, 1.54) is 4.52 Å². The molecule has 8 nitrogen and oxygen atoms in total. The van der Waals surface area contributed by atoms with Crippen LogP contribution in [0.1, 0.15) is 69.2 Å². The first-order valence-corrected chi connectivity index (χ1v) is 9.09. The molecule has 0 aromatic carbocycles. The molecule has 26 heavy (non-hydrogen) atoms. The highest BCUT2D eigenvalue weighted by Gasteiger charge is 2.37. The van der Waals surface area contributed by atoms with E-state index in [1.54, 1.807) is 26.1 Å². The lowest BCUT2D eigenvalue weighted by atomic mass is 9.94. The van der Waals surface area contributed by atoms with E-state index in [0.29, 0.717) is 12.2 Å². The molecule has 0 radical (unpaired) electrons. The number of esters is 1. The van der Waals surface area contributed by atoms with Crippen molar-refractivity contribution in [3.05, 3.63) is 23.8 Å². The maximum Gasteiger partial charge on any atom is 0.331 e. The zero-order valence-corrected chi connectivity index (χ0v) is 15.9. The summed E-state index contributed by atoms with van der Waals surface area (Å²) in [5, 5.41) is 6.96. The molecule has 1 N–H and O–H groups in total. The van der Waals surface area contributed by atoms with Crippen LogP contribution < -0.4 is 5.32 Å². The number of hydrogen-bond donors (Lipinski definition) is 1. The number of aryl methyl sites for hydroxylation is 1. The minimum atomic E-state index is -1.11. The van der Waals surface area contributed by atoms with E-state index < -0.39 is 17.4 Å². The van der Waals surface area contributed by atoms with Crippen LogP contribution in [0.15, 0.2) is 12.3 Å². The van der Waals surface area contributed by atoms with Crippen LogP contribution in [0.4, 0.5) is 0 Å². The smallest absolute Gasteiger partial charge is 0.331 e. The Kier molecular flexibility index (Phi) is 6.65. The first-order chi connectivity index (χ1) is 12.4. The van der Waals surface area contributed by atoms with E-state index in [-0.39, 0.29) is 12.4 Å². The van der Waals surface area contributed by atoms with Crippen LogP contribution in [0.25, 0.3) is 5.78 Å². The van der Waals surface area contributed by atoms with Crippen LogP contribution in [-0.2, 0) is 9.53 Å². The number of fused-ring (bicyclic) bond motifs is 1. The minimum Gasteiger partial charge on any atom is -0.464 e. The van der Waals surface area contributed by atoms with E-state index in [0.717, 1.165) is 31.4 Å². The van der Waals surface area contributed by atoms with Gasteiger partial charge in [0.15, 0.2) is 0 Å². The van der Waals surface area contributed by atoms with Gasteiger partial charge in [-0.15, -0.1) is 5.10 Å². The molecule has 0 spiro atoms. The maximum atomic E-state index is 12.7. The van der Waals surface area contributed by atoms with Crippen LogP contribution in [0.5, 0.6) is 0 Å². The molecule has 1 unspecified atom stereocenters. The number of unbranched alkanes of at least 4 members (excludes halogenated alkanes) is 3. The first kappa shape index (κ1) is 19.8. The fraction of sp³-hybridized carbons (Fsp3) is 0.611. The zero-order valence-electron chi connectivity index (χ0n) is 15.9. The van der Waals surface area contributed by atoms with Crippen LogP contribution in [-0.4, -0.2) is 43.6 Å². The predicted octanol–water partition coefficient (Wildman–Crippen LogP) is 2.45. The average molecular weight is 361 g/mol. The number of hydrogen-bond acceptors (Lipinski definition) is 6. The molecule has 0 aliphatic rings. The predicted molar refractivity (Wildman–Crippen MR) is 96.8 cm³/mol. The van der Waals surface area contributed by atoms with Gasteiger partial charge >= 0.3 is 5.97 Å². The summed E-state index contributed by atoms with van der Waals surface area (Å²) in [5.74, 6) is -0.629. The quantitative estimate of drug-likeness (QED) is 0.544. The van der Waals surface area contributed by atoms with Crippen molar-refractivity contribution in [3.8, 4) is 0 Å². The van der Waals surface area contributed by atoms with Gasteiger partial charge in [-0.05, 0) is 33.3 Å². The number of amides is 1. The second kappa shape index (κ2) is 8.73. The third kappa shape index (κ3) is 4.56. The summed E-state index contributed by atoms with van der Waals surface area (Å²) in [4.78, 5) is 33.3. The molecule has 2 aromatic heterocycles. The Balaban J connectivity index is 2.17. The molecule has 1 atom stereocenters. The summed E-state index contributed by atoms with van der Waals surface area (Å²) < 4.78 is 6.66. The van der Waals surface area contributed by atoms with Crippen LogP contribution >= 0.6 is 0 Å². The second-order valence-electron chi connectivity index (χ2n) is 6.55. The Hall–Kier alpha value is -2.51. The summed E-state index contributed by atoms with van der Waals surface area (Å²) in [5.41, 5.74) is -0.296. The first-order valence-electron chi connectivity index (χ1n) is 9.09. The topological polar surface area (TPSA) is 98.5 Å². The molecule has 142 valence electrons. The van der Waals surface area contributed by atoms with Gasteiger partial charge in [-0.2, -0.15) is 4.98 Å². The summed E-state index contributed by atoms with van der Waals surface area (Å²) in [6.45, 7) is 7.66. The maximum absolute atomic E-state index is 12.7. The molecular formula is C18H27N5O3. The fourth-order valence-corrected chi connectivity index (χ4v) is 2.72. The van der Waals surface area contributed by atoms with Crippen molar-refractivity contribution in [1.82, 2.24) is 24.9 Å². The normalized spacial score (nSPS) is 13.4. The van der Waals surface area contributed by atoms with Crippen LogP contribution in [0, 0.1) is 6.92 Å². The van der Waals surface area contributed by atoms with Crippen molar-refractivity contribution in [1.29, 1.82) is 0 Å². The van der Waals surface area contributed by atoms with Crippen molar-refractivity contribution in [2.75, 3.05) is 6.61 Å². The minimum absolute atomic E-state index is 0.0177. The number of rotatable bonds is 9. The number of nitrogens with zero attached hydrogens (tertiary/aromatic N) is 4. The highest BCUT2D eigenvalue weighted by Crippen LogP contribution is 2.18. The van der Waals surface area contributed by atoms with E-state index in [4.69, 9.17) is 4.74 Å². The molecule has 0 aliphatic heterocycles. The molecule has 2 rings (SSSR count). The molecule has 0 saturated heterocycles. The molecule has 2 aromatic rings. The molecule has 2 heterocycles. The van der Waals surface area contributed by atoms with Crippen molar-refractivity contribution < 1.29 is 14.3 Å². The van der Waals surface area contributed by atoms with Crippen molar-refractivity contribution in [3.63, 3.8) is 0 Å². The monoisotopic (exact) mass is 361 g/mol. The molecule has 1 amide bonds. The third-order valence-electron chi connectivity index (χ3n) is 4.28.